The molecule has 0 spiro atoms. The number of hydrogen-bond donors (Lipinski definition) is 1. The molecule has 2 aromatic rings. The van der Waals surface area contributed by atoms with E-state index in [4.69, 9.17) is 4.74 Å². The lowest BCUT2D eigenvalue weighted by atomic mass is 9.87. The molecular weight excluding hydrogens is 364 g/mol. The van der Waals surface area contributed by atoms with Crippen molar-refractivity contribution in [1.82, 2.24) is 4.90 Å². The second-order valence-electron chi connectivity index (χ2n) is 8.39. The second-order valence-corrected chi connectivity index (χ2v) is 8.39. The number of anilines is 1. The van der Waals surface area contributed by atoms with E-state index in [1.807, 2.05) is 43.3 Å². The Morgan fingerprint density at radius 1 is 1.00 bits per heavy atom. The van der Waals surface area contributed by atoms with Crippen molar-refractivity contribution in [3.8, 4) is 5.75 Å². The summed E-state index contributed by atoms with van der Waals surface area (Å²) in [5.74, 6) is 0.520. The van der Waals surface area contributed by atoms with Gasteiger partial charge in [-0.15, -0.1) is 0 Å². The molecule has 0 saturated heterocycles. The third-order valence-corrected chi connectivity index (χ3v) is 4.67. The predicted molar refractivity (Wildman–Crippen MR) is 117 cm³/mol. The summed E-state index contributed by atoms with van der Waals surface area (Å²) in [6, 6.07) is 15.6. The number of nitrogens with zero attached hydrogens (tertiary/aromatic N) is 1. The lowest BCUT2D eigenvalue weighted by Crippen LogP contribution is -2.34. The molecule has 0 saturated carbocycles. The molecule has 29 heavy (non-hydrogen) atoms. The molecule has 0 radical (unpaired) electrons. The summed E-state index contributed by atoms with van der Waals surface area (Å²) in [7, 11) is 1.64. The zero-order valence-corrected chi connectivity index (χ0v) is 18.1. The maximum absolute atomic E-state index is 12.2. The Kier molecular flexibility index (Phi) is 7.82. The van der Waals surface area contributed by atoms with Crippen LogP contribution in [-0.2, 0) is 15.0 Å². The zero-order chi connectivity index (χ0) is 21.4. The van der Waals surface area contributed by atoms with Crippen molar-refractivity contribution in [2.45, 2.75) is 46.0 Å². The summed E-state index contributed by atoms with van der Waals surface area (Å²) in [5.41, 5.74) is 3.22. The van der Waals surface area contributed by atoms with E-state index in [-0.39, 0.29) is 23.8 Å². The van der Waals surface area contributed by atoms with Crippen LogP contribution in [0.25, 0.3) is 0 Å². The van der Waals surface area contributed by atoms with E-state index in [9.17, 15) is 9.59 Å². The third-order valence-electron chi connectivity index (χ3n) is 4.67. The minimum absolute atomic E-state index is 0.0296. The van der Waals surface area contributed by atoms with Gasteiger partial charge in [0.2, 0.25) is 11.8 Å². The molecule has 156 valence electrons. The summed E-state index contributed by atoms with van der Waals surface area (Å²) >= 11 is 0. The number of carbonyl (C=O) groups is 2. The Morgan fingerprint density at radius 3 is 2.21 bits per heavy atom. The first kappa shape index (κ1) is 22.5. The van der Waals surface area contributed by atoms with Gasteiger partial charge < -0.3 is 15.0 Å². The molecule has 2 amide bonds. The lowest BCUT2D eigenvalue weighted by Gasteiger charge is -2.19. The minimum atomic E-state index is -0.208. The van der Waals surface area contributed by atoms with Crippen molar-refractivity contribution < 1.29 is 14.3 Å². The van der Waals surface area contributed by atoms with Gasteiger partial charge in [-0.3, -0.25) is 9.59 Å². The average molecular weight is 397 g/mol. The molecule has 5 nitrogen and oxygen atoms in total. The van der Waals surface area contributed by atoms with Crippen molar-refractivity contribution >= 4 is 17.5 Å². The van der Waals surface area contributed by atoms with Crippen LogP contribution in [0.15, 0.2) is 48.5 Å². The summed E-state index contributed by atoms with van der Waals surface area (Å²) in [6.07, 6.45) is 0.943. The standard InChI is InChI=1S/C24H32N2O3/c1-18-8-12-20(13-9-18)25-22(27)17-26(5)23(28)7-6-16-29-21-14-10-19(11-15-21)24(2,3)4/h8-15H,6-7,16-17H2,1-5H3,(H,25,27). The predicted octanol–water partition coefficient (Wildman–Crippen LogP) is 4.55. The van der Waals surface area contributed by atoms with Crippen molar-refractivity contribution in [2.24, 2.45) is 0 Å². The summed E-state index contributed by atoms with van der Waals surface area (Å²) in [4.78, 5) is 25.8. The van der Waals surface area contributed by atoms with E-state index in [0.717, 1.165) is 17.0 Å². The number of aryl methyl sites for hydroxylation is 1. The van der Waals surface area contributed by atoms with Crippen molar-refractivity contribution in [3.05, 3.63) is 59.7 Å². The number of rotatable bonds is 8. The van der Waals surface area contributed by atoms with Crippen LogP contribution in [0.1, 0.15) is 44.7 Å². The smallest absolute Gasteiger partial charge is 0.243 e. The molecular formula is C24H32N2O3. The first-order valence-electron chi connectivity index (χ1n) is 9.99. The van der Waals surface area contributed by atoms with E-state index in [1.54, 1.807) is 7.05 Å². The van der Waals surface area contributed by atoms with Crippen molar-refractivity contribution in [1.29, 1.82) is 0 Å². The molecule has 2 aromatic carbocycles. The maximum Gasteiger partial charge on any atom is 0.243 e. The molecule has 0 heterocycles. The van der Waals surface area contributed by atoms with Gasteiger partial charge in [-0.2, -0.15) is 0 Å². The average Bonchev–Trinajstić information content (AvgIpc) is 2.66. The van der Waals surface area contributed by atoms with Crippen LogP contribution in [0.2, 0.25) is 0 Å². The third kappa shape index (κ3) is 7.60. The SMILES string of the molecule is Cc1ccc(NC(=O)CN(C)C(=O)CCCOc2ccc(C(C)(C)C)cc2)cc1. The molecule has 0 aliphatic carbocycles. The van der Waals surface area contributed by atoms with Gasteiger partial charge in [0.25, 0.3) is 0 Å². The van der Waals surface area contributed by atoms with Gasteiger partial charge in [0.15, 0.2) is 0 Å². The number of carbonyl (C=O) groups excluding carboxylic acids is 2. The largest absolute Gasteiger partial charge is 0.494 e. The van der Waals surface area contributed by atoms with Gasteiger partial charge in [0, 0.05) is 19.2 Å². The van der Waals surface area contributed by atoms with Crippen LogP contribution in [0.3, 0.4) is 0 Å². The molecule has 2 rings (SSSR count). The van der Waals surface area contributed by atoms with E-state index < -0.39 is 0 Å². The minimum Gasteiger partial charge on any atom is -0.494 e. The second kappa shape index (κ2) is 10.1. The number of likely N-dealkylation sites (N-methyl/N-ethyl adjacent to an activating group) is 1. The highest BCUT2D eigenvalue weighted by Gasteiger charge is 2.14. The number of benzene rings is 2. The molecule has 0 fully saturated rings. The fourth-order valence-corrected chi connectivity index (χ4v) is 2.80. The highest BCUT2D eigenvalue weighted by molar-refractivity contribution is 5.94. The molecule has 0 aliphatic rings. The monoisotopic (exact) mass is 396 g/mol. The van der Waals surface area contributed by atoms with Crippen LogP contribution >= 0.6 is 0 Å². The fraction of sp³-hybridized carbons (Fsp3) is 0.417. The Labute approximate surface area is 174 Å². The van der Waals surface area contributed by atoms with E-state index in [1.165, 1.54) is 10.5 Å². The lowest BCUT2D eigenvalue weighted by molar-refractivity contribution is -0.133. The first-order chi connectivity index (χ1) is 13.6. The zero-order valence-electron chi connectivity index (χ0n) is 18.1. The Hall–Kier alpha value is -2.82. The first-order valence-corrected chi connectivity index (χ1v) is 9.99. The quantitative estimate of drug-likeness (QED) is 0.666. The highest BCUT2D eigenvalue weighted by atomic mass is 16.5. The molecule has 0 bridgehead atoms. The molecule has 0 atom stereocenters. The maximum atomic E-state index is 12.2. The fourth-order valence-electron chi connectivity index (χ4n) is 2.80. The molecule has 0 aliphatic heterocycles. The van der Waals surface area contributed by atoms with E-state index in [0.29, 0.717) is 19.4 Å². The van der Waals surface area contributed by atoms with Crippen LogP contribution in [0, 0.1) is 6.92 Å². The topological polar surface area (TPSA) is 58.6 Å². The number of amides is 2. The van der Waals surface area contributed by atoms with Gasteiger partial charge in [0.05, 0.1) is 13.2 Å². The Bertz CT molecular complexity index is 806. The summed E-state index contributed by atoms with van der Waals surface area (Å²) in [6.45, 7) is 9.00. The van der Waals surface area contributed by atoms with Gasteiger partial charge >= 0.3 is 0 Å². The van der Waals surface area contributed by atoms with Crippen LogP contribution < -0.4 is 10.1 Å². The molecule has 0 aromatic heterocycles. The van der Waals surface area contributed by atoms with E-state index in [2.05, 4.69) is 38.2 Å². The van der Waals surface area contributed by atoms with Crippen LogP contribution in [0.4, 0.5) is 5.69 Å². The summed E-state index contributed by atoms with van der Waals surface area (Å²) < 4.78 is 5.72. The van der Waals surface area contributed by atoms with Gasteiger partial charge in [-0.25, -0.2) is 0 Å². The van der Waals surface area contributed by atoms with Crippen LogP contribution in [-0.4, -0.2) is 36.9 Å². The number of nitrogens with one attached hydrogen (secondary N) is 1. The normalized spacial score (nSPS) is 11.1. The van der Waals surface area contributed by atoms with Gasteiger partial charge in [-0.05, 0) is 48.6 Å². The molecule has 0 unspecified atom stereocenters. The van der Waals surface area contributed by atoms with E-state index >= 15 is 0 Å². The molecule has 5 heteroatoms. The molecule has 1 N–H and O–H groups in total. The van der Waals surface area contributed by atoms with Crippen LogP contribution in [0.5, 0.6) is 5.75 Å². The number of hydrogen-bond acceptors (Lipinski definition) is 3. The van der Waals surface area contributed by atoms with Crippen molar-refractivity contribution in [2.75, 3.05) is 25.5 Å². The summed E-state index contributed by atoms with van der Waals surface area (Å²) in [5, 5.41) is 2.80. The highest BCUT2D eigenvalue weighted by Crippen LogP contribution is 2.24. The Balaban J connectivity index is 1.69. The van der Waals surface area contributed by atoms with Gasteiger partial charge in [-0.1, -0.05) is 50.6 Å². The van der Waals surface area contributed by atoms with Crippen molar-refractivity contribution in [3.63, 3.8) is 0 Å². The number of ether oxygens (including phenoxy) is 1. The van der Waals surface area contributed by atoms with Gasteiger partial charge in [0.1, 0.15) is 5.75 Å². The Morgan fingerprint density at radius 2 is 1.62 bits per heavy atom.